The molecule has 19 heavy (non-hydrogen) atoms. The number of piperidine rings is 1. The van der Waals surface area contributed by atoms with Gasteiger partial charge in [0.1, 0.15) is 0 Å². The van der Waals surface area contributed by atoms with Gasteiger partial charge in [0.2, 0.25) is 5.91 Å². The molecule has 1 unspecified atom stereocenters. The summed E-state index contributed by atoms with van der Waals surface area (Å²) in [5.41, 5.74) is 1.48. The van der Waals surface area contributed by atoms with Gasteiger partial charge >= 0.3 is 0 Å². The minimum absolute atomic E-state index is 0.00133. The van der Waals surface area contributed by atoms with Gasteiger partial charge in [-0.25, -0.2) is 0 Å². The third kappa shape index (κ3) is 2.67. The van der Waals surface area contributed by atoms with Crippen LogP contribution in [0.5, 0.6) is 0 Å². The van der Waals surface area contributed by atoms with Crippen molar-refractivity contribution in [2.75, 3.05) is 24.2 Å². The van der Waals surface area contributed by atoms with Crippen LogP contribution in [0.25, 0.3) is 0 Å². The normalized spacial score (nSPS) is 22.5. The maximum atomic E-state index is 12.4. The first-order valence-corrected chi connectivity index (χ1v) is 7.54. The minimum Gasteiger partial charge on any atom is -0.324 e. The number of hydrogen-bond donors (Lipinski definition) is 2. The largest absolute Gasteiger partial charge is 0.324 e. The van der Waals surface area contributed by atoms with Gasteiger partial charge < -0.3 is 10.6 Å². The van der Waals surface area contributed by atoms with E-state index in [0.29, 0.717) is 11.3 Å². The third-order valence-corrected chi connectivity index (χ3v) is 4.64. The number of amides is 1. The predicted octanol–water partition coefficient (Wildman–Crippen LogP) is 1.91. The van der Waals surface area contributed by atoms with Crippen LogP contribution in [0.4, 0.5) is 5.69 Å². The SMILES string of the molecule is O=C1CSc2ccc(C(=O)C3CCCNC3)cc2N1. The van der Waals surface area contributed by atoms with E-state index in [9.17, 15) is 9.59 Å². The van der Waals surface area contributed by atoms with Crippen LogP contribution in [0, 0.1) is 5.92 Å². The molecule has 2 aliphatic heterocycles. The van der Waals surface area contributed by atoms with Gasteiger partial charge in [-0.1, -0.05) is 6.07 Å². The van der Waals surface area contributed by atoms with Crippen molar-refractivity contribution in [3.63, 3.8) is 0 Å². The van der Waals surface area contributed by atoms with Gasteiger partial charge in [0.15, 0.2) is 5.78 Å². The molecule has 0 aliphatic carbocycles. The van der Waals surface area contributed by atoms with Crippen LogP contribution in [0.1, 0.15) is 23.2 Å². The molecular weight excluding hydrogens is 260 g/mol. The average molecular weight is 276 g/mol. The van der Waals surface area contributed by atoms with Gasteiger partial charge in [-0.05, 0) is 31.5 Å². The minimum atomic E-state index is 0.00133. The number of ketones is 1. The molecule has 1 aromatic rings. The molecule has 0 spiro atoms. The van der Waals surface area contributed by atoms with Gasteiger partial charge in [-0.3, -0.25) is 9.59 Å². The molecule has 3 rings (SSSR count). The fourth-order valence-corrected chi connectivity index (χ4v) is 3.34. The fraction of sp³-hybridized carbons (Fsp3) is 0.429. The molecule has 1 aromatic carbocycles. The van der Waals surface area contributed by atoms with E-state index in [-0.39, 0.29) is 17.6 Å². The Morgan fingerprint density at radius 2 is 2.26 bits per heavy atom. The molecule has 0 aromatic heterocycles. The van der Waals surface area contributed by atoms with Crippen LogP contribution in [0.15, 0.2) is 23.1 Å². The summed E-state index contributed by atoms with van der Waals surface area (Å²) in [5.74, 6) is 0.701. The molecular formula is C14H16N2O2S. The third-order valence-electron chi connectivity index (χ3n) is 3.56. The molecule has 5 heteroatoms. The molecule has 1 saturated heterocycles. The zero-order chi connectivity index (χ0) is 13.2. The number of benzene rings is 1. The van der Waals surface area contributed by atoms with E-state index in [1.165, 1.54) is 11.8 Å². The molecule has 1 fully saturated rings. The van der Waals surface area contributed by atoms with Crippen molar-refractivity contribution in [2.45, 2.75) is 17.7 Å². The van der Waals surface area contributed by atoms with Crippen LogP contribution >= 0.6 is 11.8 Å². The van der Waals surface area contributed by atoms with Crippen molar-refractivity contribution in [3.05, 3.63) is 23.8 Å². The van der Waals surface area contributed by atoms with Crippen molar-refractivity contribution < 1.29 is 9.59 Å². The quantitative estimate of drug-likeness (QED) is 0.810. The highest BCUT2D eigenvalue weighted by Gasteiger charge is 2.24. The van der Waals surface area contributed by atoms with E-state index >= 15 is 0 Å². The van der Waals surface area contributed by atoms with Crippen LogP contribution in [0.3, 0.4) is 0 Å². The molecule has 0 bridgehead atoms. The Balaban J connectivity index is 1.83. The van der Waals surface area contributed by atoms with E-state index in [4.69, 9.17) is 0 Å². The van der Waals surface area contributed by atoms with Gasteiger partial charge in [0.25, 0.3) is 0 Å². The van der Waals surface area contributed by atoms with Gasteiger partial charge in [0, 0.05) is 22.9 Å². The summed E-state index contributed by atoms with van der Waals surface area (Å²) in [7, 11) is 0. The summed E-state index contributed by atoms with van der Waals surface area (Å²) in [6.45, 7) is 1.76. The summed E-state index contributed by atoms with van der Waals surface area (Å²) in [6, 6.07) is 5.62. The van der Waals surface area contributed by atoms with E-state index in [1.807, 2.05) is 18.2 Å². The van der Waals surface area contributed by atoms with Crippen LogP contribution in [-0.4, -0.2) is 30.5 Å². The Bertz CT molecular complexity index is 524. The summed E-state index contributed by atoms with van der Waals surface area (Å²) < 4.78 is 0. The van der Waals surface area contributed by atoms with Gasteiger partial charge in [-0.15, -0.1) is 11.8 Å². The van der Waals surface area contributed by atoms with E-state index in [1.54, 1.807) is 0 Å². The second kappa shape index (κ2) is 5.35. The second-order valence-corrected chi connectivity index (χ2v) is 5.97. The highest BCUT2D eigenvalue weighted by molar-refractivity contribution is 8.00. The molecule has 100 valence electrons. The molecule has 2 heterocycles. The summed E-state index contributed by atoms with van der Waals surface area (Å²) in [5, 5.41) is 6.09. The zero-order valence-electron chi connectivity index (χ0n) is 10.6. The predicted molar refractivity (Wildman–Crippen MR) is 75.7 cm³/mol. The van der Waals surface area contributed by atoms with E-state index in [2.05, 4.69) is 10.6 Å². The number of carbonyl (C=O) groups is 2. The van der Waals surface area contributed by atoms with Crippen LogP contribution in [-0.2, 0) is 4.79 Å². The van der Waals surface area contributed by atoms with E-state index < -0.39 is 0 Å². The molecule has 1 atom stereocenters. The molecule has 0 saturated carbocycles. The number of carbonyl (C=O) groups excluding carboxylic acids is 2. The lowest BCUT2D eigenvalue weighted by Gasteiger charge is -2.22. The first-order valence-electron chi connectivity index (χ1n) is 6.55. The van der Waals surface area contributed by atoms with Crippen molar-refractivity contribution in [2.24, 2.45) is 5.92 Å². The Hall–Kier alpha value is -1.33. The van der Waals surface area contributed by atoms with Crippen molar-refractivity contribution in [1.29, 1.82) is 0 Å². The van der Waals surface area contributed by atoms with Crippen LogP contribution < -0.4 is 10.6 Å². The van der Waals surface area contributed by atoms with Gasteiger partial charge in [-0.2, -0.15) is 0 Å². The molecule has 2 aliphatic rings. The zero-order valence-corrected chi connectivity index (χ0v) is 11.4. The number of thioether (sulfide) groups is 1. The topological polar surface area (TPSA) is 58.2 Å². The number of nitrogens with one attached hydrogen (secondary N) is 2. The van der Waals surface area contributed by atoms with E-state index in [0.717, 1.165) is 36.5 Å². The monoisotopic (exact) mass is 276 g/mol. The first kappa shape index (κ1) is 12.7. The van der Waals surface area contributed by atoms with Crippen molar-refractivity contribution in [1.82, 2.24) is 5.32 Å². The van der Waals surface area contributed by atoms with Crippen molar-refractivity contribution in [3.8, 4) is 0 Å². The number of hydrogen-bond acceptors (Lipinski definition) is 4. The molecule has 1 amide bonds. The summed E-state index contributed by atoms with van der Waals surface area (Å²) in [4.78, 5) is 24.8. The van der Waals surface area contributed by atoms with Gasteiger partial charge in [0.05, 0.1) is 11.4 Å². The maximum Gasteiger partial charge on any atom is 0.234 e. The summed E-state index contributed by atoms with van der Waals surface area (Å²) >= 11 is 1.52. The lowest BCUT2D eigenvalue weighted by atomic mass is 9.91. The number of anilines is 1. The van der Waals surface area contributed by atoms with Crippen LogP contribution in [0.2, 0.25) is 0 Å². The average Bonchev–Trinajstić information content (AvgIpc) is 2.46. The molecule has 2 N–H and O–H groups in total. The Morgan fingerprint density at radius 3 is 3.05 bits per heavy atom. The smallest absolute Gasteiger partial charge is 0.234 e. The molecule has 4 nitrogen and oxygen atoms in total. The number of Topliss-reactive ketones (excluding diaryl/α,β-unsaturated/α-hetero) is 1. The fourth-order valence-electron chi connectivity index (χ4n) is 2.55. The number of fused-ring (bicyclic) bond motifs is 1. The Labute approximate surface area is 116 Å². The Morgan fingerprint density at radius 1 is 1.37 bits per heavy atom. The highest BCUT2D eigenvalue weighted by Crippen LogP contribution is 2.32. The highest BCUT2D eigenvalue weighted by atomic mass is 32.2. The standard InChI is InChI=1S/C14H16N2O2S/c17-13-8-19-12-4-3-9(6-11(12)16-13)14(18)10-2-1-5-15-7-10/h3-4,6,10,15H,1-2,5,7-8H2,(H,16,17). The first-order chi connectivity index (χ1) is 9.24. The number of rotatable bonds is 2. The van der Waals surface area contributed by atoms with Crippen molar-refractivity contribution >= 4 is 29.1 Å². The Kier molecular flexibility index (Phi) is 3.57. The second-order valence-electron chi connectivity index (χ2n) is 4.96. The lowest BCUT2D eigenvalue weighted by molar-refractivity contribution is -0.113. The summed E-state index contributed by atoms with van der Waals surface area (Å²) in [6.07, 6.45) is 2.00. The molecule has 0 radical (unpaired) electrons. The lowest BCUT2D eigenvalue weighted by Crippen LogP contribution is -2.34. The maximum absolute atomic E-state index is 12.4.